The fraction of sp³-hybridized carbons (Fsp3) is 0.400. The molecule has 0 amide bonds. The van der Waals surface area contributed by atoms with Gasteiger partial charge < -0.3 is 4.84 Å². The quantitative estimate of drug-likeness (QED) is 0.638. The summed E-state index contributed by atoms with van der Waals surface area (Å²) in [7, 11) is 0. The summed E-state index contributed by atoms with van der Waals surface area (Å²) < 4.78 is 1.14. The van der Waals surface area contributed by atoms with E-state index in [-0.39, 0.29) is 0 Å². The molecular formula is C10H14BrNO. The Balaban J connectivity index is 2.28. The Morgan fingerprint density at radius 3 is 2.85 bits per heavy atom. The second kappa shape index (κ2) is 6.13. The number of hydrogen-bond donors (Lipinski definition) is 1. The second-order valence-corrected chi connectivity index (χ2v) is 3.87. The summed E-state index contributed by atoms with van der Waals surface area (Å²) in [5.74, 6) is 4.92. The van der Waals surface area contributed by atoms with Crippen molar-refractivity contribution in [3.63, 3.8) is 0 Å². The second-order valence-electron chi connectivity index (χ2n) is 2.96. The molecule has 1 rings (SSSR count). The van der Waals surface area contributed by atoms with E-state index in [4.69, 9.17) is 5.90 Å². The van der Waals surface area contributed by atoms with Gasteiger partial charge in [-0.2, -0.15) is 0 Å². The molecule has 0 aliphatic rings. The number of rotatable bonds is 5. The summed E-state index contributed by atoms with van der Waals surface area (Å²) >= 11 is 3.44. The number of halogens is 1. The van der Waals surface area contributed by atoms with E-state index in [0.29, 0.717) is 6.61 Å². The van der Waals surface area contributed by atoms with E-state index in [1.54, 1.807) is 0 Å². The van der Waals surface area contributed by atoms with Crippen molar-refractivity contribution in [2.75, 3.05) is 6.61 Å². The molecule has 13 heavy (non-hydrogen) atoms. The lowest BCUT2D eigenvalue weighted by molar-refractivity contribution is 0.134. The molecule has 0 aromatic heterocycles. The number of benzene rings is 1. The lowest BCUT2D eigenvalue weighted by atomic mass is 10.1. The molecule has 72 valence electrons. The first-order valence-electron chi connectivity index (χ1n) is 4.39. The van der Waals surface area contributed by atoms with Gasteiger partial charge in [-0.25, -0.2) is 5.90 Å². The van der Waals surface area contributed by atoms with Crippen molar-refractivity contribution in [2.24, 2.45) is 5.90 Å². The minimum absolute atomic E-state index is 0.647. The molecule has 1 aromatic rings. The smallest absolute Gasteiger partial charge is 0.0679 e. The maximum Gasteiger partial charge on any atom is 0.0679 e. The van der Waals surface area contributed by atoms with Crippen LogP contribution in [-0.2, 0) is 11.3 Å². The first-order chi connectivity index (χ1) is 6.33. The minimum atomic E-state index is 0.647. The number of hydrogen-bond acceptors (Lipinski definition) is 2. The van der Waals surface area contributed by atoms with Gasteiger partial charge in [0.25, 0.3) is 0 Å². The highest BCUT2D eigenvalue weighted by Crippen LogP contribution is 2.13. The van der Waals surface area contributed by atoms with Crippen molar-refractivity contribution in [3.8, 4) is 0 Å². The summed E-state index contributed by atoms with van der Waals surface area (Å²) in [6.07, 6.45) is 3.22. The topological polar surface area (TPSA) is 35.2 Å². The van der Waals surface area contributed by atoms with Crippen LogP contribution in [0.5, 0.6) is 0 Å². The highest BCUT2D eigenvalue weighted by atomic mass is 79.9. The van der Waals surface area contributed by atoms with Crippen molar-refractivity contribution in [1.29, 1.82) is 0 Å². The van der Waals surface area contributed by atoms with Crippen LogP contribution in [0.3, 0.4) is 0 Å². The Bertz CT molecular complexity index is 252. The van der Waals surface area contributed by atoms with E-state index in [2.05, 4.69) is 39.0 Å². The van der Waals surface area contributed by atoms with Crippen molar-refractivity contribution in [2.45, 2.75) is 19.3 Å². The maximum atomic E-state index is 4.92. The average Bonchev–Trinajstić information content (AvgIpc) is 2.13. The Morgan fingerprint density at radius 2 is 2.15 bits per heavy atom. The molecule has 3 heteroatoms. The third-order valence-electron chi connectivity index (χ3n) is 1.87. The summed E-state index contributed by atoms with van der Waals surface area (Å²) in [4.78, 5) is 4.49. The average molecular weight is 244 g/mol. The third kappa shape index (κ3) is 4.41. The molecule has 0 heterocycles. The molecule has 0 unspecified atom stereocenters. The highest BCUT2D eigenvalue weighted by Gasteiger charge is 1.94. The van der Waals surface area contributed by atoms with Gasteiger partial charge in [0.15, 0.2) is 0 Å². The fourth-order valence-electron chi connectivity index (χ4n) is 1.21. The van der Waals surface area contributed by atoms with Gasteiger partial charge in [-0.05, 0) is 37.0 Å². The molecule has 0 bridgehead atoms. The Kier molecular flexibility index (Phi) is 5.05. The van der Waals surface area contributed by atoms with Gasteiger partial charge in [0.2, 0.25) is 0 Å². The van der Waals surface area contributed by atoms with E-state index in [9.17, 15) is 0 Å². The first-order valence-corrected chi connectivity index (χ1v) is 5.18. The van der Waals surface area contributed by atoms with Gasteiger partial charge in [-0.1, -0.05) is 28.1 Å². The molecule has 2 N–H and O–H groups in total. The molecule has 1 aromatic carbocycles. The number of nitrogens with two attached hydrogens (primary N) is 1. The Labute approximate surface area is 87.2 Å². The van der Waals surface area contributed by atoms with Crippen LogP contribution < -0.4 is 5.90 Å². The van der Waals surface area contributed by atoms with E-state index in [1.165, 1.54) is 5.56 Å². The van der Waals surface area contributed by atoms with Crippen molar-refractivity contribution >= 4 is 15.9 Å². The number of aryl methyl sites for hydroxylation is 1. The monoisotopic (exact) mass is 243 g/mol. The molecule has 0 aliphatic heterocycles. The third-order valence-corrected chi connectivity index (χ3v) is 2.36. The molecule has 0 aliphatic carbocycles. The van der Waals surface area contributed by atoms with Crippen LogP contribution in [-0.4, -0.2) is 6.61 Å². The van der Waals surface area contributed by atoms with E-state index in [0.717, 1.165) is 23.7 Å². The van der Waals surface area contributed by atoms with Crippen LogP contribution in [0.1, 0.15) is 18.4 Å². The highest BCUT2D eigenvalue weighted by molar-refractivity contribution is 9.10. The van der Waals surface area contributed by atoms with Gasteiger partial charge in [-0.3, -0.25) is 0 Å². The minimum Gasteiger partial charge on any atom is -0.305 e. The molecule has 0 saturated heterocycles. The van der Waals surface area contributed by atoms with Crippen LogP contribution in [0.25, 0.3) is 0 Å². The van der Waals surface area contributed by atoms with Gasteiger partial charge in [0.1, 0.15) is 0 Å². The van der Waals surface area contributed by atoms with Crippen molar-refractivity contribution < 1.29 is 4.84 Å². The molecule has 0 saturated carbocycles. The zero-order valence-corrected chi connectivity index (χ0v) is 9.09. The molecule has 0 atom stereocenters. The van der Waals surface area contributed by atoms with Crippen molar-refractivity contribution in [3.05, 3.63) is 34.3 Å². The van der Waals surface area contributed by atoms with Gasteiger partial charge in [0, 0.05) is 4.47 Å². The molecule has 0 spiro atoms. The fourth-order valence-corrected chi connectivity index (χ4v) is 1.65. The zero-order chi connectivity index (χ0) is 9.52. The molecular weight excluding hydrogens is 230 g/mol. The summed E-state index contributed by atoms with van der Waals surface area (Å²) in [6, 6.07) is 8.36. The number of unbranched alkanes of at least 4 members (excludes halogenated alkanes) is 1. The Hall–Kier alpha value is -0.380. The van der Waals surface area contributed by atoms with Crippen LogP contribution in [0.15, 0.2) is 28.7 Å². The van der Waals surface area contributed by atoms with Gasteiger partial charge >= 0.3 is 0 Å². The largest absolute Gasteiger partial charge is 0.305 e. The summed E-state index contributed by atoms with van der Waals surface area (Å²) in [5.41, 5.74) is 1.35. The predicted molar refractivity (Wildman–Crippen MR) is 57.2 cm³/mol. The van der Waals surface area contributed by atoms with Crippen molar-refractivity contribution in [1.82, 2.24) is 0 Å². The van der Waals surface area contributed by atoms with Crippen LogP contribution in [0, 0.1) is 0 Å². The maximum absolute atomic E-state index is 4.92. The van der Waals surface area contributed by atoms with Crippen LogP contribution in [0.2, 0.25) is 0 Å². The van der Waals surface area contributed by atoms with E-state index < -0.39 is 0 Å². The standard InChI is InChI=1S/C10H14BrNO/c11-10-6-3-5-9(8-10)4-1-2-7-13-12/h3,5-6,8H,1-2,4,7,12H2. The van der Waals surface area contributed by atoms with E-state index >= 15 is 0 Å². The summed E-state index contributed by atoms with van der Waals surface area (Å²) in [5, 5.41) is 0. The molecule has 2 nitrogen and oxygen atoms in total. The lowest BCUT2D eigenvalue weighted by Crippen LogP contribution is -2.00. The van der Waals surface area contributed by atoms with Gasteiger partial charge in [-0.15, -0.1) is 0 Å². The predicted octanol–water partition coefficient (Wildman–Crippen LogP) is 2.66. The Morgan fingerprint density at radius 1 is 1.31 bits per heavy atom. The van der Waals surface area contributed by atoms with Crippen LogP contribution in [0.4, 0.5) is 0 Å². The normalized spacial score (nSPS) is 10.3. The zero-order valence-electron chi connectivity index (χ0n) is 7.50. The van der Waals surface area contributed by atoms with E-state index in [1.807, 2.05) is 6.07 Å². The summed E-state index contributed by atoms with van der Waals surface area (Å²) in [6.45, 7) is 0.647. The first kappa shape index (κ1) is 10.7. The SMILES string of the molecule is NOCCCCc1cccc(Br)c1. The van der Waals surface area contributed by atoms with Gasteiger partial charge in [0.05, 0.1) is 6.61 Å². The molecule has 0 radical (unpaired) electrons. The lowest BCUT2D eigenvalue weighted by Gasteiger charge is -2.01. The molecule has 0 fully saturated rings. The van der Waals surface area contributed by atoms with Crippen LogP contribution >= 0.6 is 15.9 Å².